The molecule has 0 radical (unpaired) electrons. The Bertz CT molecular complexity index is 383. The van der Waals surface area contributed by atoms with Gasteiger partial charge in [0.1, 0.15) is 0 Å². The Morgan fingerprint density at radius 3 is 2.73 bits per heavy atom. The predicted octanol–water partition coefficient (Wildman–Crippen LogP) is 2.82. The largest absolute Gasteiger partial charge is 0.272 e. The van der Waals surface area contributed by atoms with Gasteiger partial charge in [-0.3, -0.25) is 4.68 Å². The molecule has 0 aromatic carbocycles. The third kappa shape index (κ3) is 2.94. The normalized spacial score (nSPS) is 11.5. The van der Waals surface area contributed by atoms with Crippen LogP contribution in [-0.2, 0) is 19.9 Å². The van der Waals surface area contributed by atoms with E-state index in [9.17, 15) is 0 Å². The van der Waals surface area contributed by atoms with Gasteiger partial charge in [0.2, 0.25) is 0 Å². The third-order valence-electron chi connectivity index (χ3n) is 2.37. The molecule has 15 heavy (non-hydrogen) atoms. The van der Waals surface area contributed by atoms with Crippen molar-refractivity contribution < 1.29 is 0 Å². The van der Waals surface area contributed by atoms with E-state index in [4.69, 9.17) is 0 Å². The highest BCUT2D eigenvalue weighted by atomic mass is 15.3. The maximum absolute atomic E-state index is 4.45. The van der Waals surface area contributed by atoms with Crippen LogP contribution in [0.25, 0.3) is 0 Å². The van der Waals surface area contributed by atoms with E-state index < -0.39 is 0 Å². The first kappa shape index (κ1) is 11.5. The van der Waals surface area contributed by atoms with Gasteiger partial charge in [-0.15, -0.1) is 0 Å². The summed E-state index contributed by atoms with van der Waals surface area (Å²) in [5.41, 5.74) is 3.49. The fourth-order valence-corrected chi connectivity index (χ4v) is 1.55. The van der Waals surface area contributed by atoms with Crippen molar-refractivity contribution in [1.82, 2.24) is 9.78 Å². The van der Waals surface area contributed by atoms with Crippen molar-refractivity contribution in [1.29, 1.82) is 0 Å². The number of rotatable bonds is 5. The van der Waals surface area contributed by atoms with Crippen LogP contribution in [0.1, 0.15) is 18.3 Å². The summed E-state index contributed by atoms with van der Waals surface area (Å²) < 4.78 is 1.93. The average Bonchev–Trinajstić information content (AvgIpc) is 2.58. The van der Waals surface area contributed by atoms with Crippen molar-refractivity contribution in [2.45, 2.75) is 19.8 Å². The molecule has 0 saturated heterocycles. The number of nitrogens with zero attached hydrogens (tertiary/aromatic N) is 2. The molecule has 2 heteroatoms. The minimum Gasteiger partial charge on any atom is -0.272 e. The van der Waals surface area contributed by atoms with Gasteiger partial charge in [0.15, 0.2) is 0 Å². The summed E-state index contributed by atoms with van der Waals surface area (Å²) in [4.78, 5) is 0. The van der Waals surface area contributed by atoms with E-state index in [-0.39, 0.29) is 0 Å². The van der Waals surface area contributed by atoms with Crippen LogP contribution in [0.4, 0.5) is 0 Å². The number of aryl methyl sites for hydroxylation is 2. The fraction of sp³-hybridized carbons (Fsp3) is 0.308. The van der Waals surface area contributed by atoms with Gasteiger partial charge in [0, 0.05) is 19.2 Å². The smallest absolute Gasteiger partial charge is 0.0671 e. The van der Waals surface area contributed by atoms with Gasteiger partial charge in [-0.05, 0) is 18.1 Å². The number of aromatic nitrogens is 2. The molecule has 0 fully saturated rings. The maximum Gasteiger partial charge on any atom is 0.0671 e. The monoisotopic (exact) mass is 202 g/mol. The summed E-state index contributed by atoms with van der Waals surface area (Å²) in [6.45, 7) is 9.59. The average molecular weight is 202 g/mol. The van der Waals surface area contributed by atoms with Crippen molar-refractivity contribution in [3.05, 3.63) is 54.4 Å². The standard InChI is InChI=1S/C13H18N2/c1-5-8-11(6-2)9-12-10-13(7-3)15(4)14-12/h5-6,8,10H,1-2,7,9H2,3-4H3/b11-8+. The fourth-order valence-electron chi connectivity index (χ4n) is 1.55. The molecule has 0 aliphatic heterocycles. The number of allylic oxidation sites excluding steroid dienone is 4. The van der Waals surface area contributed by atoms with Crippen LogP contribution >= 0.6 is 0 Å². The molecule has 0 atom stereocenters. The minimum atomic E-state index is 0.823. The van der Waals surface area contributed by atoms with Crippen LogP contribution in [-0.4, -0.2) is 9.78 Å². The quantitative estimate of drug-likeness (QED) is 0.671. The molecule has 0 N–H and O–H groups in total. The van der Waals surface area contributed by atoms with Gasteiger partial charge in [-0.2, -0.15) is 5.10 Å². The molecule has 1 rings (SSSR count). The van der Waals surface area contributed by atoms with E-state index in [1.165, 1.54) is 5.69 Å². The van der Waals surface area contributed by atoms with Crippen molar-refractivity contribution in [3.63, 3.8) is 0 Å². The molecular formula is C13H18N2. The zero-order valence-corrected chi connectivity index (χ0v) is 9.53. The third-order valence-corrected chi connectivity index (χ3v) is 2.37. The highest BCUT2D eigenvalue weighted by molar-refractivity contribution is 5.27. The number of hydrogen-bond donors (Lipinski definition) is 0. The summed E-state index contributed by atoms with van der Waals surface area (Å²) in [5.74, 6) is 0. The van der Waals surface area contributed by atoms with E-state index in [2.05, 4.69) is 31.2 Å². The molecule has 0 amide bonds. The van der Waals surface area contributed by atoms with Crippen molar-refractivity contribution in [3.8, 4) is 0 Å². The Labute approximate surface area is 91.6 Å². The summed E-state index contributed by atoms with van der Waals surface area (Å²) in [6, 6.07) is 2.14. The second kappa shape index (κ2) is 5.35. The lowest BCUT2D eigenvalue weighted by Crippen LogP contribution is -1.96. The first-order valence-electron chi connectivity index (χ1n) is 5.17. The highest BCUT2D eigenvalue weighted by Crippen LogP contribution is 2.10. The summed E-state index contributed by atoms with van der Waals surface area (Å²) >= 11 is 0. The van der Waals surface area contributed by atoms with E-state index >= 15 is 0 Å². The molecule has 1 aromatic rings. The molecule has 0 bridgehead atoms. The summed E-state index contributed by atoms with van der Waals surface area (Å²) in [6.07, 6.45) is 7.43. The van der Waals surface area contributed by atoms with Gasteiger partial charge >= 0.3 is 0 Å². The Morgan fingerprint density at radius 1 is 1.53 bits per heavy atom. The SMILES string of the molecule is C=C/C=C(\C=C)Cc1cc(CC)n(C)n1. The molecule has 0 spiro atoms. The minimum absolute atomic E-state index is 0.823. The van der Waals surface area contributed by atoms with E-state index in [0.29, 0.717) is 0 Å². The first-order valence-corrected chi connectivity index (χ1v) is 5.17. The van der Waals surface area contributed by atoms with Gasteiger partial charge in [0.25, 0.3) is 0 Å². The van der Waals surface area contributed by atoms with E-state index in [0.717, 1.165) is 24.1 Å². The first-order chi connectivity index (χ1) is 7.21. The van der Waals surface area contributed by atoms with Gasteiger partial charge < -0.3 is 0 Å². The van der Waals surface area contributed by atoms with Crippen molar-refractivity contribution >= 4 is 0 Å². The molecule has 0 aliphatic carbocycles. The topological polar surface area (TPSA) is 17.8 Å². The highest BCUT2D eigenvalue weighted by Gasteiger charge is 2.03. The zero-order chi connectivity index (χ0) is 11.3. The van der Waals surface area contributed by atoms with E-state index in [1.807, 2.05) is 23.9 Å². The van der Waals surface area contributed by atoms with Crippen LogP contribution in [0.15, 0.2) is 43.0 Å². The molecule has 0 unspecified atom stereocenters. The Balaban J connectivity index is 2.84. The van der Waals surface area contributed by atoms with Gasteiger partial charge in [-0.1, -0.05) is 38.3 Å². The maximum atomic E-state index is 4.45. The van der Waals surface area contributed by atoms with Gasteiger partial charge in [-0.25, -0.2) is 0 Å². The lowest BCUT2D eigenvalue weighted by molar-refractivity contribution is 0.706. The van der Waals surface area contributed by atoms with E-state index in [1.54, 1.807) is 6.08 Å². The zero-order valence-electron chi connectivity index (χ0n) is 9.53. The lowest BCUT2D eigenvalue weighted by Gasteiger charge is -1.96. The summed E-state index contributed by atoms with van der Waals surface area (Å²) in [5, 5.41) is 4.45. The molecule has 1 heterocycles. The van der Waals surface area contributed by atoms with Crippen LogP contribution in [0.2, 0.25) is 0 Å². The van der Waals surface area contributed by atoms with Crippen molar-refractivity contribution in [2.24, 2.45) is 7.05 Å². The van der Waals surface area contributed by atoms with Crippen LogP contribution < -0.4 is 0 Å². The lowest BCUT2D eigenvalue weighted by atomic mass is 10.1. The molecule has 1 aromatic heterocycles. The molecule has 2 nitrogen and oxygen atoms in total. The Morgan fingerprint density at radius 2 is 2.27 bits per heavy atom. The van der Waals surface area contributed by atoms with Gasteiger partial charge in [0.05, 0.1) is 5.69 Å². The Kier molecular flexibility index (Phi) is 4.10. The molecule has 0 aliphatic rings. The number of hydrogen-bond acceptors (Lipinski definition) is 1. The van der Waals surface area contributed by atoms with Crippen molar-refractivity contribution in [2.75, 3.05) is 0 Å². The molecule has 0 saturated carbocycles. The van der Waals surface area contributed by atoms with Crippen LogP contribution in [0.3, 0.4) is 0 Å². The van der Waals surface area contributed by atoms with Crippen LogP contribution in [0.5, 0.6) is 0 Å². The summed E-state index contributed by atoms with van der Waals surface area (Å²) in [7, 11) is 1.98. The Hall–Kier alpha value is -1.57. The molecular weight excluding hydrogens is 184 g/mol. The molecule has 80 valence electrons. The predicted molar refractivity (Wildman–Crippen MR) is 64.8 cm³/mol. The second-order valence-corrected chi connectivity index (χ2v) is 3.46. The van der Waals surface area contributed by atoms with Crippen LogP contribution in [0, 0.1) is 0 Å². The second-order valence-electron chi connectivity index (χ2n) is 3.46.